The quantitative estimate of drug-likeness (QED) is 0.576. The van der Waals surface area contributed by atoms with E-state index in [2.05, 4.69) is 26.2 Å². The average molecular weight is 401 g/mol. The van der Waals surface area contributed by atoms with Crippen molar-refractivity contribution in [1.82, 2.24) is 10.3 Å². The molecule has 0 amide bonds. The van der Waals surface area contributed by atoms with Crippen LogP contribution in [-0.2, 0) is 16.0 Å². The summed E-state index contributed by atoms with van der Waals surface area (Å²) in [7, 11) is 1.39. The number of benzene rings is 2. The van der Waals surface area contributed by atoms with E-state index < -0.39 is 6.04 Å². The lowest BCUT2D eigenvalue weighted by molar-refractivity contribution is -0.143. The van der Waals surface area contributed by atoms with Crippen LogP contribution in [0.4, 0.5) is 0 Å². The van der Waals surface area contributed by atoms with E-state index in [1.165, 1.54) is 7.11 Å². The van der Waals surface area contributed by atoms with E-state index in [1.54, 1.807) is 12.1 Å². The van der Waals surface area contributed by atoms with Gasteiger partial charge >= 0.3 is 5.97 Å². The molecule has 1 aromatic heterocycles. The van der Waals surface area contributed by atoms with E-state index in [9.17, 15) is 9.90 Å². The summed E-state index contributed by atoms with van der Waals surface area (Å²) in [6, 6.07) is 12.5. The molecule has 5 nitrogen and oxygen atoms in total. The van der Waals surface area contributed by atoms with Crippen molar-refractivity contribution in [2.45, 2.75) is 18.5 Å². The minimum atomic E-state index is -0.472. The maximum atomic E-state index is 12.2. The molecule has 2 aromatic carbocycles. The Hall–Kier alpha value is -2.31. The zero-order chi connectivity index (χ0) is 17.6. The summed E-state index contributed by atoms with van der Waals surface area (Å²) < 4.78 is 5.81. The van der Waals surface area contributed by atoms with Crippen LogP contribution in [0.2, 0.25) is 0 Å². The zero-order valence-corrected chi connectivity index (χ0v) is 15.1. The maximum Gasteiger partial charge on any atom is 0.323 e. The van der Waals surface area contributed by atoms with Gasteiger partial charge in [0.2, 0.25) is 0 Å². The van der Waals surface area contributed by atoms with Gasteiger partial charge < -0.3 is 14.8 Å². The van der Waals surface area contributed by atoms with Crippen molar-refractivity contribution >= 4 is 32.8 Å². The number of esters is 1. The minimum Gasteiger partial charge on any atom is -0.508 e. The highest BCUT2D eigenvalue weighted by Gasteiger charge is 2.35. The summed E-state index contributed by atoms with van der Waals surface area (Å²) in [5.74, 6) is -0.133. The van der Waals surface area contributed by atoms with Gasteiger partial charge in [0.1, 0.15) is 11.8 Å². The van der Waals surface area contributed by atoms with Crippen LogP contribution in [0.5, 0.6) is 5.75 Å². The topological polar surface area (TPSA) is 74.4 Å². The van der Waals surface area contributed by atoms with Crippen molar-refractivity contribution in [3.63, 3.8) is 0 Å². The van der Waals surface area contributed by atoms with Gasteiger partial charge in [-0.15, -0.1) is 0 Å². The summed E-state index contributed by atoms with van der Waals surface area (Å²) in [5.41, 5.74) is 3.76. The highest BCUT2D eigenvalue weighted by atomic mass is 79.9. The SMILES string of the molecule is COC(=O)[C@@H]1Cc2c([nH]c3ccccc23)[C@H](c2cc(Br)ccc2O)N1. The first kappa shape index (κ1) is 16.2. The van der Waals surface area contributed by atoms with E-state index in [1.807, 2.05) is 30.3 Å². The number of nitrogens with one attached hydrogen (secondary N) is 2. The predicted molar refractivity (Wildman–Crippen MR) is 98.6 cm³/mol. The number of para-hydroxylation sites is 1. The van der Waals surface area contributed by atoms with Gasteiger partial charge in [0.05, 0.1) is 13.2 Å². The summed E-state index contributed by atoms with van der Waals surface area (Å²) in [4.78, 5) is 15.6. The molecule has 0 saturated heterocycles. The summed E-state index contributed by atoms with van der Waals surface area (Å²) in [6.45, 7) is 0. The van der Waals surface area contributed by atoms with Gasteiger partial charge in [0.15, 0.2) is 0 Å². The lowest BCUT2D eigenvalue weighted by Crippen LogP contribution is -2.45. The lowest BCUT2D eigenvalue weighted by Gasteiger charge is -2.30. The first-order chi connectivity index (χ1) is 12.1. The molecule has 0 radical (unpaired) electrons. The summed E-state index contributed by atoms with van der Waals surface area (Å²) in [6.07, 6.45) is 0.539. The number of aromatic amines is 1. The Bertz CT molecular complexity index is 966. The number of phenols is 1. The number of H-pyrrole nitrogens is 1. The van der Waals surface area contributed by atoms with Crippen LogP contribution in [0, 0.1) is 0 Å². The molecule has 0 spiro atoms. The Balaban J connectivity index is 1.91. The van der Waals surface area contributed by atoms with E-state index in [0.717, 1.165) is 26.6 Å². The lowest BCUT2D eigenvalue weighted by atomic mass is 9.90. The Morgan fingerprint density at radius 2 is 2.08 bits per heavy atom. The fourth-order valence-electron chi connectivity index (χ4n) is 3.53. The minimum absolute atomic E-state index is 0.177. The number of aromatic hydroxyl groups is 1. The highest BCUT2D eigenvalue weighted by molar-refractivity contribution is 9.10. The molecular weight excluding hydrogens is 384 g/mol. The van der Waals surface area contributed by atoms with E-state index in [4.69, 9.17) is 4.74 Å². The second-order valence-electron chi connectivity index (χ2n) is 6.15. The second kappa shape index (κ2) is 6.20. The van der Waals surface area contributed by atoms with Crippen molar-refractivity contribution in [3.8, 4) is 5.75 Å². The number of ether oxygens (including phenoxy) is 1. The normalized spacial score (nSPS) is 19.6. The Labute approximate surface area is 153 Å². The van der Waals surface area contributed by atoms with Gasteiger partial charge in [-0.1, -0.05) is 34.1 Å². The number of phenolic OH excluding ortho intramolecular Hbond substituents is 1. The molecule has 0 unspecified atom stereocenters. The zero-order valence-electron chi connectivity index (χ0n) is 13.5. The number of rotatable bonds is 2. The number of fused-ring (bicyclic) bond motifs is 3. The van der Waals surface area contributed by atoms with Crippen molar-refractivity contribution in [2.24, 2.45) is 0 Å². The summed E-state index contributed by atoms with van der Waals surface area (Å²) in [5, 5.41) is 14.8. The molecule has 6 heteroatoms. The van der Waals surface area contributed by atoms with E-state index in [0.29, 0.717) is 12.0 Å². The Morgan fingerprint density at radius 3 is 2.88 bits per heavy atom. The van der Waals surface area contributed by atoms with Gasteiger partial charge in [0, 0.05) is 33.1 Å². The van der Waals surface area contributed by atoms with E-state index in [-0.39, 0.29) is 17.8 Å². The van der Waals surface area contributed by atoms with Gasteiger partial charge in [-0.2, -0.15) is 0 Å². The van der Waals surface area contributed by atoms with Crippen molar-refractivity contribution in [1.29, 1.82) is 0 Å². The maximum absolute atomic E-state index is 12.2. The van der Waals surface area contributed by atoms with Crippen LogP contribution in [0.25, 0.3) is 10.9 Å². The molecule has 4 rings (SSSR count). The molecule has 0 bridgehead atoms. The third-order valence-corrected chi connectivity index (χ3v) is 5.19. The molecule has 2 atom stereocenters. The molecule has 25 heavy (non-hydrogen) atoms. The summed E-state index contributed by atoms with van der Waals surface area (Å²) >= 11 is 3.45. The standard InChI is InChI=1S/C19H17BrN2O3/c1-25-19(24)15-9-12-11-4-2-3-5-14(11)21-17(12)18(22-15)13-8-10(20)6-7-16(13)23/h2-8,15,18,21-23H,9H2,1H3/t15-,18-/m0/s1. The highest BCUT2D eigenvalue weighted by Crippen LogP contribution is 2.39. The molecule has 2 heterocycles. The predicted octanol–water partition coefficient (Wildman–Crippen LogP) is 3.41. The first-order valence-corrected chi connectivity index (χ1v) is 8.79. The molecule has 3 N–H and O–H groups in total. The fraction of sp³-hybridized carbons (Fsp3) is 0.211. The molecule has 0 aliphatic carbocycles. The molecular formula is C19H17BrN2O3. The number of hydrogen-bond donors (Lipinski definition) is 3. The van der Waals surface area contributed by atoms with Crippen LogP contribution in [0.3, 0.4) is 0 Å². The molecule has 128 valence electrons. The largest absolute Gasteiger partial charge is 0.508 e. The number of carbonyl (C=O) groups excluding carboxylic acids is 1. The third-order valence-electron chi connectivity index (χ3n) is 4.70. The Morgan fingerprint density at radius 1 is 1.28 bits per heavy atom. The molecule has 3 aromatic rings. The number of carbonyl (C=O) groups is 1. The average Bonchev–Trinajstić information content (AvgIpc) is 3.01. The van der Waals surface area contributed by atoms with Crippen LogP contribution in [0.15, 0.2) is 46.9 Å². The number of hydrogen-bond acceptors (Lipinski definition) is 4. The van der Waals surface area contributed by atoms with E-state index >= 15 is 0 Å². The third kappa shape index (κ3) is 2.71. The van der Waals surface area contributed by atoms with Crippen LogP contribution in [0.1, 0.15) is 22.9 Å². The van der Waals surface area contributed by atoms with Crippen LogP contribution < -0.4 is 5.32 Å². The van der Waals surface area contributed by atoms with Crippen LogP contribution >= 0.6 is 15.9 Å². The number of methoxy groups -OCH3 is 1. The Kier molecular flexibility index (Phi) is 4.01. The number of aromatic nitrogens is 1. The molecule has 0 fully saturated rings. The fourth-order valence-corrected chi connectivity index (χ4v) is 3.91. The van der Waals surface area contributed by atoms with Gasteiger partial charge in [-0.25, -0.2) is 0 Å². The molecule has 1 aliphatic heterocycles. The first-order valence-electron chi connectivity index (χ1n) is 8.00. The van der Waals surface area contributed by atoms with Gasteiger partial charge in [0.25, 0.3) is 0 Å². The molecule has 1 aliphatic rings. The van der Waals surface area contributed by atoms with Crippen molar-refractivity contribution < 1.29 is 14.6 Å². The van der Waals surface area contributed by atoms with Crippen LogP contribution in [-0.4, -0.2) is 29.2 Å². The van der Waals surface area contributed by atoms with Crippen molar-refractivity contribution in [2.75, 3.05) is 7.11 Å². The smallest absolute Gasteiger partial charge is 0.323 e. The van der Waals surface area contributed by atoms with Gasteiger partial charge in [-0.05, 0) is 29.8 Å². The van der Waals surface area contributed by atoms with Crippen molar-refractivity contribution in [3.05, 3.63) is 63.8 Å². The molecule has 0 saturated carbocycles. The number of halogens is 1. The van der Waals surface area contributed by atoms with Gasteiger partial charge in [-0.3, -0.25) is 10.1 Å². The monoisotopic (exact) mass is 400 g/mol. The second-order valence-corrected chi connectivity index (χ2v) is 7.06.